The number of anilines is 1. The number of carbonyl (C=O) groups excluding carboxylic acids is 1. The summed E-state index contributed by atoms with van der Waals surface area (Å²) in [5, 5.41) is 16.8. The van der Waals surface area contributed by atoms with Gasteiger partial charge < -0.3 is 19.8 Å². The number of benzene rings is 1. The first kappa shape index (κ1) is 19.6. The lowest BCUT2D eigenvalue weighted by molar-refractivity contribution is -0.163. The number of carboxylic acids is 1. The van der Waals surface area contributed by atoms with Gasteiger partial charge in [0.2, 0.25) is 0 Å². The van der Waals surface area contributed by atoms with E-state index in [-0.39, 0.29) is 11.3 Å². The first-order valence-corrected chi connectivity index (χ1v) is 10.8. The number of nitrogens with one attached hydrogen (secondary N) is 1. The Morgan fingerprint density at radius 3 is 2.68 bits per heavy atom. The van der Waals surface area contributed by atoms with Gasteiger partial charge in [-0.1, -0.05) is 17.3 Å². The Labute approximate surface area is 180 Å². The van der Waals surface area contributed by atoms with Crippen LogP contribution < -0.4 is 5.32 Å². The monoisotopic (exact) mass is 513 g/mol. The Bertz CT molecular complexity index is 991. The molecular weight excluding hydrogens is 493 g/mol. The zero-order chi connectivity index (χ0) is 20.4. The molecule has 2 N–H and O–H groups in total. The van der Waals surface area contributed by atoms with Crippen LogP contribution in [0.3, 0.4) is 0 Å². The normalized spacial score (nSPS) is 28.0. The Morgan fingerprint density at radius 1 is 1.36 bits per heavy atom. The van der Waals surface area contributed by atoms with Gasteiger partial charge in [-0.2, -0.15) is 0 Å². The molecule has 0 spiro atoms. The minimum absolute atomic E-state index is 0.225. The second kappa shape index (κ2) is 6.38. The lowest BCUT2D eigenvalue weighted by Crippen LogP contribution is -2.75. The molecule has 3 heterocycles. The van der Waals surface area contributed by atoms with Crippen molar-refractivity contribution >= 4 is 51.9 Å². The molecule has 2 aliphatic heterocycles. The molecule has 2 aliphatic rings. The second-order valence-electron chi connectivity index (χ2n) is 7.81. The summed E-state index contributed by atoms with van der Waals surface area (Å²) in [4.78, 5) is 26.3. The first-order valence-electron chi connectivity index (χ1n) is 8.80. The molecule has 9 heteroatoms. The Hall–Kier alpha value is -1.75. The molecule has 1 aromatic heterocycles. The van der Waals surface area contributed by atoms with E-state index < -0.39 is 22.3 Å². The highest BCUT2D eigenvalue weighted by atomic mass is 127. The molecule has 2 fully saturated rings. The van der Waals surface area contributed by atoms with Crippen molar-refractivity contribution in [3.8, 4) is 11.3 Å². The molecule has 2 aromatic rings. The van der Waals surface area contributed by atoms with Crippen molar-refractivity contribution in [2.24, 2.45) is 0 Å². The number of amides is 1. The summed E-state index contributed by atoms with van der Waals surface area (Å²) in [6.45, 7) is 7.37. The van der Waals surface area contributed by atoms with Crippen LogP contribution in [0.2, 0.25) is 0 Å². The summed E-state index contributed by atoms with van der Waals surface area (Å²) in [7, 11) is 0. The number of carboxylic acid groups (broad SMARTS) is 1. The molecule has 1 amide bonds. The average molecular weight is 513 g/mol. The van der Waals surface area contributed by atoms with Crippen LogP contribution in [0.25, 0.3) is 11.3 Å². The topological polar surface area (TPSA) is 95.7 Å². The number of carbonyl (C=O) groups is 2. The fourth-order valence-corrected chi connectivity index (χ4v) is 6.22. The van der Waals surface area contributed by atoms with E-state index in [1.807, 2.05) is 52.0 Å². The molecule has 28 heavy (non-hydrogen) atoms. The Kier molecular flexibility index (Phi) is 4.46. The molecule has 7 nitrogen and oxygen atoms in total. The van der Waals surface area contributed by atoms with Gasteiger partial charge in [0, 0.05) is 13.9 Å². The summed E-state index contributed by atoms with van der Waals surface area (Å²) in [6.07, 6.45) is 0. The van der Waals surface area contributed by atoms with Gasteiger partial charge in [-0.3, -0.25) is 4.79 Å². The number of thioether (sulfide) groups is 1. The summed E-state index contributed by atoms with van der Waals surface area (Å²) in [5.41, 5.74) is 1.27. The summed E-state index contributed by atoms with van der Waals surface area (Å²) >= 11 is 3.74. The van der Waals surface area contributed by atoms with E-state index in [2.05, 4.69) is 33.1 Å². The van der Waals surface area contributed by atoms with Gasteiger partial charge >= 0.3 is 5.97 Å². The van der Waals surface area contributed by atoms with Gasteiger partial charge in [0.25, 0.3) is 5.91 Å². The fraction of sp³-hybridized carbons (Fsp3) is 0.421. The number of aromatic nitrogens is 1. The number of nitrogens with zero attached hydrogens (tertiary/aromatic N) is 2. The zero-order valence-electron chi connectivity index (χ0n) is 15.8. The molecule has 3 atom stereocenters. The third-order valence-electron chi connectivity index (χ3n) is 5.38. The van der Waals surface area contributed by atoms with Crippen molar-refractivity contribution in [1.29, 1.82) is 0 Å². The van der Waals surface area contributed by atoms with E-state index in [1.165, 1.54) is 16.7 Å². The number of aliphatic carboxylic acids is 1. The quantitative estimate of drug-likeness (QED) is 0.477. The second-order valence-corrected chi connectivity index (χ2v) is 10.7. The van der Waals surface area contributed by atoms with Gasteiger partial charge in [0.05, 0.1) is 0 Å². The van der Waals surface area contributed by atoms with Crippen LogP contribution in [-0.2, 0) is 9.59 Å². The minimum Gasteiger partial charge on any atom is -0.480 e. The molecule has 0 unspecified atom stereocenters. The SMILES string of the molecule is Cc1noc(-c2ccccc2I)c1N[C@@]1(C)C(=O)N2[C@@H](C(=O)O)C(C)(C)S[C@@H]21. The van der Waals surface area contributed by atoms with Gasteiger partial charge in [-0.25, -0.2) is 4.79 Å². The summed E-state index contributed by atoms with van der Waals surface area (Å²) < 4.78 is 6.01. The Morgan fingerprint density at radius 2 is 2.04 bits per heavy atom. The molecule has 0 aliphatic carbocycles. The maximum absolute atomic E-state index is 13.1. The highest BCUT2D eigenvalue weighted by Crippen LogP contribution is 2.56. The molecule has 0 radical (unpaired) electrons. The highest BCUT2D eigenvalue weighted by Gasteiger charge is 2.69. The van der Waals surface area contributed by atoms with Crippen molar-refractivity contribution in [2.75, 3.05) is 5.32 Å². The molecule has 148 valence electrons. The molecule has 0 bridgehead atoms. The lowest BCUT2D eigenvalue weighted by Gasteiger charge is -2.51. The number of β-lactam (4-membered cyclic amide) rings is 1. The number of fused-ring (bicyclic) bond motifs is 1. The van der Waals surface area contributed by atoms with Gasteiger partial charge in [0.1, 0.15) is 28.3 Å². The van der Waals surface area contributed by atoms with Crippen molar-refractivity contribution < 1.29 is 19.2 Å². The van der Waals surface area contributed by atoms with Crippen molar-refractivity contribution in [1.82, 2.24) is 10.1 Å². The van der Waals surface area contributed by atoms with Crippen molar-refractivity contribution in [3.63, 3.8) is 0 Å². The maximum Gasteiger partial charge on any atom is 0.327 e. The van der Waals surface area contributed by atoms with E-state index >= 15 is 0 Å². The van der Waals surface area contributed by atoms with Crippen LogP contribution in [0.4, 0.5) is 5.69 Å². The number of aryl methyl sites for hydroxylation is 1. The minimum atomic E-state index is -0.976. The number of rotatable bonds is 4. The van der Waals surface area contributed by atoms with Crippen LogP contribution in [0.1, 0.15) is 26.5 Å². The van der Waals surface area contributed by atoms with Crippen LogP contribution in [0, 0.1) is 10.5 Å². The standard InChI is InChI=1S/C19H20IN3O4S/c1-9-12(13(27-22-9)10-7-5-6-8-11(10)20)21-19(4)16(26)23-14(15(24)25)18(2,3)28-17(19)23/h5-8,14,17,21H,1-4H3,(H,24,25)/t14-,17+,19-/m0/s1. The largest absolute Gasteiger partial charge is 0.480 e. The predicted molar refractivity (Wildman–Crippen MR) is 115 cm³/mol. The molecule has 0 saturated carbocycles. The predicted octanol–water partition coefficient (Wildman–Crippen LogP) is 3.57. The van der Waals surface area contributed by atoms with Gasteiger partial charge in [-0.15, -0.1) is 11.8 Å². The molecular formula is C19H20IN3O4S. The highest BCUT2D eigenvalue weighted by molar-refractivity contribution is 14.1. The summed E-state index contributed by atoms with van der Waals surface area (Å²) in [5.74, 6) is -0.625. The van der Waals surface area contributed by atoms with E-state index in [4.69, 9.17) is 4.52 Å². The number of halogens is 1. The van der Waals surface area contributed by atoms with Crippen molar-refractivity contribution in [3.05, 3.63) is 33.5 Å². The van der Waals surface area contributed by atoms with E-state index in [9.17, 15) is 14.7 Å². The smallest absolute Gasteiger partial charge is 0.327 e. The molecule has 2 saturated heterocycles. The van der Waals surface area contributed by atoms with Gasteiger partial charge in [0.15, 0.2) is 5.76 Å². The third-order valence-corrected chi connectivity index (χ3v) is 8.07. The number of hydrogen-bond acceptors (Lipinski definition) is 6. The molecule has 1 aromatic carbocycles. The van der Waals surface area contributed by atoms with Gasteiger partial charge in [-0.05, 0) is 62.4 Å². The third kappa shape index (κ3) is 2.66. The number of hydrogen-bond donors (Lipinski definition) is 2. The summed E-state index contributed by atoms with van der Waals surface area (Å²) in [6, 6.07) is 6.94. The maximum atomic E-state index is 13.1. The molecule has 4 rings (SSSR count). The zero-order valence-corrected chi connectivity index (χ0v) is 18.8. The van der Waals surface area contributed by atoms with E-state index in [0.717, 1.165) is 9.13 Å². The van der Waals surface area contributed by atoms with Crippen LogP contribution in [0.15, 0.2) is 28.8 Å². The van der Waals surface area contributed by atoms with E-state index in [0.29, 0.717) is 17.1 Å². The van der Waals surface area contributed by atoms with Crippen LogP contribution >= 0.6 is 34.4 Å². The first-order chi connectivity index (χ1) is 13.1. The van der Waals surface area contributed by atoms with Crippen LogP contribution in [-0.4, -0.2) is 48.7 Å². The average Bonchev–Trinajstić information content (AvgIpc) is 3.11. The van der Waals surface area contributed by atoms with Crippen molar-refractivity contribution in [2.45, 2.75) is 49.4 Å². The fourth-order valence-electron chi connectivity index (χ4n) is 3.94. The van der Waals surface area contributed by atoms with E-state index in [1.54, 1.807) is 0 Å². The lowest BCUT2D eigenvalue weighted by atomic mass is 9.85. The Balaban J connectivity index is 1.70. The van der Waals surface area contributed by atoms with Crippen LogP contribution in [0.5, 0.6) is 0 Å².